The van der Waals surface area contributed by atoms with Gasteiger partial charge in [-0.1, -0.05) is 75.5 Å². The highest BCUT2D eigenvalue weighted by molar-refractivity contribution is 5.37. The Balaban J connectivity index is 1.84. The smallest absolute Gasteiger partial charge is 0.0163 e. The lowest BCUT2D eigenvalue weighted by Gasteiger charge is -2.16. The van der Waals surface area contributed by atoms with Gasteiger partial charge in [0.05, 0.1) is 0 Å². The quantitative estimate of drug-likeness (QED) is 0.428. The van der Waals surface area contributed by atoms with Crippen molar-refractivity contribution in [2.75, 3.05) is 0 Å². The maximum Gasteiger partial charge on any atom is 0.0163 e. The highest BCUT2D eigenvalue weighted by atomic mass is 14.3. The predicted molar refractivity (Wildman–Crippen MR) is 94.4 cm³/mol. The zero-order valence-electron chi connectivity index (χ0n) is 14.4. The lowest BCUT2D eigenvalue weighted by atomic mass is 9.89. The Morgan fingerprint density at radius 1 is 1.19 bits per heavy atom. The highest BCUT2D eigenvalue weighted by Gasteiger charge is 2.25. The fourth-order valence-corrected chi connectivity index (χ4v) is 3.61. The van der Waals surface area contributed by atoms with Crippen LogP contribution in [0.3, 0.4) is 0 Å². The third-order valence-corrected chi connectivity index (χ3v) is 5.04. The topological polar surface area (TPSA) is 0 Å². The van der Waals surface area contributed by atoms with Gasteiger partial charge in [0, 0.05) is 5.92 Å². The van der Waals surface area contributed by atoms with Crippen LogP contribution >= 0.6 is 0 Å². The normalized spacial score (nSPS) is 26.6. The first-order valence-electron chi connectivity index (χ1n) is 9.29. The van der Waals surface area contributed by atoms with Gasteiger partial charge in [-0.05, 0) is 50.4 Å². The van der Waals surface area contributed by atoms with Crippen LogP contribution in [-0.2, 0) is 0 Å². The average molecular weight is 287 g/mol. The summed E-state index contributed by atoms with van der Waals surface area (Å²) in [5.74, 6) is 2.42. The minimum atomic E-state index is 0.743. The first kappa shape index (κ1) is 16.6. The molecular weight excluding hydrogens is 252 g/mol. The van der Waals surface area contributed by atoms with E-state index >= 15 is 0 Å². The average Bonchev–Trinajstić information content (AvgIpc) is 3.18. The molecule has 3 unspecified atom stereocenters. The number of rotatable bonds is 8. The van der Waals surface area contributed by atoms with Crippen LogP contribution in [0.15, 0.2) is 35.5 Å². The van der Waals surface area contributed by atoms with Gasteiger partial charge in [0.25, 0.3) is 0 Å². The van der Waals surface area contributed by atoms with E-state index in [1.54, 1.807) is 11.1 Å². The van der Waals surface area contributed by atoms with Crippen molar-refractivity contribution in [1.29, 1.82) is 0 Å². The van der Waals surface area contributed by atoms with Crippen LogP contribution in [-0.4, -0.2) is 0 Å². The molecule has 2 aliphatic carbocycles. The lowest BCUT2D eigenvalue weighted by Crippen LogP contribution is -2.01. The zero-order valence-corrected chi connectivity index (χ0v) is 14.4. The van der Waals surface area contributed by atoms with Gasteiger partial charge in [0.2, 0.25) is 0 Å². The van der Waals surface area contributed by atoms with E-state index in [1.807, 2.05) is 0 Å². The van der Waals surface area contributed by atoms with Crippen molar-refractivity contribution in [3.8, 4) is 0 Å². The van der Waals surface area contributed by atoms with Crippen LogP contribution in [0, 0.1) is 17.8 Å². The molecule has 0 amide bonds. The summed E-state index contributed by atoms with van der Waals surface area (Å²) in [7, 11) is 0. The lowest BCUT2D eigenvalue weighted by molar-refractivity contribution is 0.508. The van der Waals surface area contributed by atoms with Crippen molar-refractivity contribution in [2.24, 2.45) is 17.8 Å². The molecule has 0 spiro atoms. The first-order chi connectivity index (χ1) is 10.2. The maximum atomic E-state index is 2.55. The third-order valence-electron chi connectivity index (χ3n) is 5.04. The summed E-state index contributed by atoms with van der Waals surface area (Å²) < 4.78 is 0. The summed E-state index contributed by atoms with van der Waals surface area (Å²) in [5, 5.41) is 0. The van der Waals surface area contributed by atoms with Crippen molar-refractivity contribution in [3.63, 3.8) is 0 Å². The Bertz CT molecular complexity index is 396. The van der Waals surface area contributed by atoms with Gasteiger partial charge in [-0.2, -0.15) is 0 Å². The molecule has 0 heterocycles. The van der Waals surface area contributed by atoms with Gasteiger partial charge in [-0.15, -0.1) is 0 Å². The van der Waals surface area contributed by atoms with Gasteiger partial charge in [0.1, 0.15) is 0 Å². The van der Waals surface area contributed by atoms with Crippen molar-refractivity contribution >= 4 is 0 Å². The van der Waals surface area contributed by atoms with E-state index in [4.69, 9.17) is 0 Å². The van der Waals surface area contributed by atoms with Crippen LogP contribution in [0.1, 0.15) is 78.6 Å². The van der Waals surface area contributed by atoms with Crippen molar-refractivity contribution in [2.45, 2.75) is 78.6 Å². The van der Waals surface area contributed by atoms with Gasteiger partial charge in [0.15, 0.2) is 0 Å². The van der Waals surface area contributed by atoms with E-state index in [-0.39, 0.29) is 0 Å². The summed E-state index contributed by atoms with van der Waals surface area (Å²) in [5.41, 5.74) is 3.38. The largest absolute Gasteiger partial charge is 0.0851 e. The molecule has 2 aliphatic rings. The minimum absolute atomic E-state index is 0.743. The van der Waals surface area contributed by atoms with E-state index in [0.717, 1.165) is 17.8 Å². The highest BCUT2D eigenvalue weighted by Crippen LogP contribution is 2.40. The second-order valence-corrected chi connectivity index (χ2v) is 7.26. The number of fused-ring (bicyclic) bond motifs is 1. The van der Waals surface area contributed by atoms with Crippen LogP contribution in [0.2, 0.25) is 0 Å². The molecule has 0 N–H and O–H groups in total. The fraction of sp³-hybridized carbons (Fsp3) is 0.714. The molecule has 0 aliphatic heterocycles. The Kier molecular flexibility index (Phi) is 6.80. The minimum Gasteiger partial charge on any atom is -0.0851 e. The molecule has 0 radical (unpaired) electrons. The molecular formula is C21H34. The summed E-state index contributed by atoms with van der Waals surface area (Å²) in [4.78, 5) is 0. The summed E-state index contributed by atoms with van der Waals surface area (Å²) in [6, 6.07) is 0. The van der Waals surface area contributed by atoms with Gasteiger partial charge in [-0.25, -0.2) is 0 Å². The Hall–Kier alpha value is -0.780. The summed E-state index contributed by atoms with van der Waals surface area (Å²) in [6.45, 7) is 7.03. The molecule has 0 nitrogen and oxygen atoms in total. The molecule has 0 saturated heterocycles. The van der Waals surface area contributed by atoms with E-state index in [1.165, 1.54) is 57.8 Å². The number of hydrogen-bond acceptors (Lipinski definition) is 0. The third kappa shape index (κ3) is 5.85. The molecule has 2 rings (SSSR count). The van der Waals surface area contributed by atoms with E-state index in [0.29, 0.717) is 0 Å². The number of hydrogen-bond donors (Lipinski definition) is 0. The fourth-order valence-electron chi connectivity index (χ4n) is 3.61. The van der Waals surface area contributed by atoms with Crippen molar-refractivity contribution < 1.29 is 0 Å². The monoisotopic (exact) mass is 286 g/mol. The van der Waals surface area contributed by atoms with Gasteiger partial charge in [-0.3, -0.25) is 0 Å². The summed E-state index contributed by atoms with van der Waals surface area (Å²) in [6.07, 6.45) is 22.0. The Labute approximate surface area is 132 Å². The second-order valence-electron chi connectivity index (χ2n) is 7.26. The SMILES string of the molecule is CCCCC(C=CCC1=CC2C=C2CCC(C)C1)CCC. The Morgan fingerprint density at radius 3 is 2.81 bits per heavy atom. The van der Waals surface area contributed by atoms with Gasteiger partial charge < -0.3 is 0 Å². The molecule has 0 aromatic carbocycles. The molecule has 21 heavy (non-hydrogen) atoms. The van der Waals surface area contributed by atoms with Gasteiger partial charge >= 0.3 is 0 Å². The standard InChI is InChI=1S/C21H34/c1-4-6-9-18(8-5-2)10-7-11-19-14-17(3)12-13-20-16-21(20)15-19/h7,10,15-18,21H,4-6,8-9,11-14H2,1-3H3. The molecule has 0 saturated carbocycles. The van der Waals surface area contributed by atoms with Crippen molar-refractivity contribution in [3.05, 3.63) is 35.5 Å². The number of unbranched alkanes of at least 4 members (excludes halogenated alkanes) is 1. The van der Waals surface area contributed by atoms with Crippen LogP contribution in [0.4, 0.5) is 0 Å². The van der Waals surface area contributed by atoms with E-state index in [9.17, 15) is 0 Å². The molecule has 3 atom stereocenters. The molecule has 0 fully saturated rings. The molecule has 0 aromatic rings. The molecule has 118 valence electrons. The summed E-state index contributed by atoms with van der Waals surface area (Å²) >= 11 is 0. The maximum absolute atomic E-state index is 2.55. The molecule has 0 heteroatoms. The molecule has 0 aromatic heterocycles. The Morgan fingerprint density at radius 2 is 2.05 bits per heavy atom. The van der Waals surface area contributed by atoms with Crippen molar-refractivity contribution in [1.82, 2.24) is 0 Å². The van der Waals surface area contributed by atoms with Crippen LogP contribution < -0.4 is 0 Å². The first-order valence-corrected chi connectivity index (χ1v) is 9.29. The predicted octanol–water partition coefficient (Wildman–Crippen LogP) is 6.84. The van der Waals surface area contributed by atoms with Crippen LogP contribution in [0.25, 0.3) is 0 Å². The second kappa shape index (κ2) is 8.61. The number of allylic oxidation sites excluding steroid dienone is 6. The van der Waals surface area contributed by atoms with E-state index < -0.39 is 0 Å². The van der Waals surface area contributed by atoms with E-state index in [2.05, 4.69) is 45.1 Å². The molecule has 0 bridgehead atoms. The van der Waals surface area contributed by atoms with Crippen LogP contribution in [0.5, 0.6) is 0 Å². The zero-order chi connectivity index (χ0) is 15.1.